The van der Waals surface area contributed by atoms with Crippen LogP contribution in [0.4, 0.5) is 0 Å². The van der Waals surface area contributed by atoms with E-state index in [2.05, 4.69) is 5.32 Å². The van der Waals surface area contributed by atoms with Crippen molar-refractivity contribution < 1.29 is 9.59 Å². The molecule has 1 aliphatic heterocycles. The summed E-state index contributed by atoms with van der Waals surface area (Å²) in [7, 11) is 0. The average molecular weight is 309 g/mol. The molecule has 1 aromatic carbocycles. The molecule has 5 heteroatoms. The highest BCUT2D eigenvalue weighted by Gasteiger charge is 2.47. The van der Waals surface area contributed by atoms with Crippen molar-refractivity contribution in [2.75, 3.05) is 0 Å². The van der Waals surface area contributed by atoms with Crippen molar-refractivity contribution in [1.82, 2.24) is 10.2 Å². The first kappa shape index (κ1) is 15.8. The molecule has 1 aromatic rings. The summed E-state index contributed by atoms with van der Waals surface area (Å²) in [6.45, 7) is 5.97. The summed E-state index contributed by atoms with van der Waals surface area (Å²) in [6.07, 6.45) is 1.15. The van der Waals surface area contributed by atoms with Crippen LogP contribution >= 0.6 is 11.6 Å². The first-order valence-electron chi connectivity index (χ1n) is 7.29. The molecular weight excluding hydrogens is 288 g/mol. The van der Waals surface area contributed by atoms with Crippen molar-refractivity contribution >= 4 is 23.4 Å². The molecule has 0 bridgehead atoms. The second-order valence-electron chi connectivity index (χ2n) is 5.58. The minimum Gasteiger partial charge on any atom is -0.342 e. The summed E-state index contributed by atoms with van der Waals surface area (Å²) >= 11 is 6.20. The lowest BCUT2D eigenvalue weighted by Gasteiger charge is -2.46. The van der Waals surface area contributed by atoms with E-state index in [1.165, 1.54) is 0 Å². The topological polar surface area (TPSA) is 49.4 Å². The number of nitrogens with zero attached hydrogens (tertiary/aromatic N) is 1. The number of carbonyl (C=O) groups excluding carboxylic acids is 2. The van der Waals surface area contributed by atoms with Gasteiger partial charge in [-0.25, -0.2) is 0 Å². The summed E-state index contributed by atoms with van der Waals surface area (Å²) in [6, 6.07) is 6.98. The van der Waals surface area contributed by atoms with Crippen molar-refractivity contribution in [2.24, 2.45) is 0 Å². The third-order valence-electron chi connectivity index (χ3n) is 4.34. The van der Waals surface area contributed by atoms with Crippen LogP contribution in [0, 0.1) is 0 Å². The maximum atomic E-state index is 12.7. The van der Waals surface area contributed by atoms with E-state index in [9.17, 15) is 9.59 Å². The van der Waals surface area contributed by atoms with Crippen molar-refractivity contribution in [3.63, 3.8) is 0 Å². The average Bonchev–Trinajstić information content (AvgIpc) is 2.49. The molecular formula is C16H21ClN2O2. The molecule has 4 nitrogen and oxygen atoms in total. The Morgan fingerprint density at radius 1 is 1.29 bits per heavy atom. The normalized spacial score (nSPS) is 25.9. The van der Waals surface area contributed by atoms with E-state index in [0.717, 1.165) is 5.56 Å². The van der Waals surface area contributed by atoms with E-state index in [1.807, 2.05) is 39.0 Å². The van der Waals surface area contributed by atoms with Crippen LogP contribution in [-0.4, -0.2) is 28.3 Å². The van der Waals surface area contributed by atoms with Gasteiger partial charge in [-0.05, 0) is 31.4 Å². The van der Waals surface area contributed by atoms with Crippen LogP contribution in [0.5, 0.6) is 0 Å². The standard InChI is InChI=1S/C16H21ClN2O2/c1-4-13-14(20)19(16(3,5-2)15(21)18-13)10-11-8-6-7-9-12(11)17/h6-9,13H,4-5,10H2,1-3H3,(H,18,21). The van der Waals surface area contributed by atoms with Gasteiger partial charge in [0.25, 0.3) is 0 Å². The molecule has 1 N–H and O–H groups in total. The van der Waals surface area contributed by atoms with Crippen LogP contribution in [0.2, 0.25) is 5.02 Å². The lowest BCUT2D eigenvalue weighted by atomic mass is 9.89. The van der Waals surface area contributed by atoms with Crippen LogP contribution in [0.3, 0.4) is 0 Å². The molecule has 2 atom stereocenters. The number of hydrogen-bond acceptors (Lipinski definition) is 2. The van der Waals surface area contributed by atoms with E-state index in [1.54, 1.807) is 11.0 Å². The van der Waals surface area contributed by atoms with Crippen LogP contribution in [0.1, 0.15) is 39.2 Å². The van der Waals surface area contributed by atoms with Gasteiger partial charge in [-0.2, -0.15) is 0 Å². The van der Waals surface area contributed by atoms with Crippen LogP contribution < -0.4 is 5.32 Å². The highest BCUT2D eigenvalue weighted by molar-refractivity contribution is 6.31. The molecule has 2 unspecified atom stereocenters. The van der Waals surface area contributed by atoms with E-state index in [4.69, 9.17) is 11.6 Å². The number of hydrogen-bond donors (Lipinski definition) is 1. The highest BCUT2D eigenvalue weighted by atomic mass is 35.5. The van der Waals surface area contributed by atoms with Crippen LogP contribution in [0.15, 0.2) is 24.3 Å². The first-order chi connectivity index (χ1) is 9.93. The predicted molar refractivity (Wildman–Crippen MR) is 82.9 cm³/mol. The molecule has 0 aromatic heterocycles. The molecule has 21 heavy (non-hydrogen) atoms. The number of amides is 2. The Balaban J connectivity index is 2.37. The third kappa shape index (κ3) is 2.77. The van der Waals surface area contributed by atoms with E-state index in [0.29, 0.717) is 24.4 Å². The maximum Gasteiger partial charge on any atom is 0.246 e. The Hall–Kier alpha value is -1.55. The van der Waals surface area contributed by atoms with E-state index < -0.39 is 11.6 Å². The van der Waals surface area contributed by atoms with Gasteiger partial charge >= 0.3 is 0 Å². The SMILES string of the molecule is CCC1NC(=O)C(C)(CC)N(Cc2ccccc2Cl)C1=O. The number of benzene rings is 1. The zero-order valence-corrected chi connectivity index (χ0v) is 13.4. The van der Waals surface area contributed by atoms with Gasteiger partial charge in [0, 0.05) is 11.6 Å². The van der Waals surface area contributed by atoms with Gasteiger partial charge in [0.15, 0.2) is 0 Å². The summed E-state index contributed by atoms with van der Waals surface area (Å²) in [4.78, 5) is 26.7. The van der Waals surface area contributed by atoms with Crippen molar-refractivity contribution in [1.29, 1.82) is 0 Å². The monoisotopic (exact) mass is 308 g/mol. The van der Waals surface area contributed by atoms with Gasteiger partial charge in [0.2, 0.25) is 11.8 Å². The van der Waals surface area contributed by atoms with Crippen molar-refractivity contribution in [3.8, 4) is 0 Å². The second kappa shape index (κ2) is 6.06. The Morgan fingerprint density at radius 3 is 2.52 bits per heavy atom. The Labute approximate surface area is 130 Å². The van der Waals surface area contributed by atoms with Crippen molar-refractivity contribution in [3.05, 3.63) is 34.9 Å². The maximum absolute atomic E-state index is 12.7. The predicted octanol–water partition coefficient (Wildman–Crippen LogP) is 2.75. The minimum absolute atomic E-state index is 0.0404. The van der Waals surface area contributed by atoms with E-state index in [-0.39, 0.29) is 11.8 Å². The molecule has 0 spiro atoms. The number of carbonyl (C=O) groups is 2. The molecule has 1 saturated heterocycles. The molecule has 1 fully saturated rings. The van der Waals surface area contributed by atoms with Gasteiger partial charge in [-0.15, -0.1) is 0 Å². The number of rotatable bonds is 4. The number of nitrogens with one attached hydrogen (secondary N) is 1. The largest absolute Gasteiger partial charge is 0.342 e. The van der Waals surface area contributed by atoms with Crippen molar-refractivity contribution in [2.45, 2.75) is 51.7 Å². The fraction of sp³-hybridized carbons (Fsp3) is 0.500. The van der Waals surface area contributed by atoms with Gasteiger partial charge in [0.05, 0.1) is 0 Å². The zero-order valence-electron chi connectivity index (χ0n) is 12.6. The molecule has 114 valence electrons. The minimum atomic E-state index is -0.831. The lowest BCUT2D eigenvalue weighted by molar-refractivity contribution is -0.157. The van der Waals surface area contributed by atoms with Gasteiger partial charge in [-0.1, -0.05) is 43.6 Å². The summed E-state index contributed by atoms with van der Waals surface area (Å²) < 4.78 is 0. The molecule has 2 rings (SSSR count). The quantitative estimate of drug-likeness (QED) is 0.930. The van der Waals surface area contributed by atoms with Crippen LogP contribution in [-0.2, 0) is 16.1 Å². The lowest BCUT2D eigenvalue weighted by Crippen LogP contribution is -2.68. The third-order valence-corrected chi connectivity index (χ3v) is 4.71. The smallest absolute Gasteiger partial charge is 0.246 e. The molecule has 1 heterocycles. The summed E-state index contributed by atoms with van der Waals surface area (Å²) in [5.41, 5.74) is 0.0267. The highest BCUT2D eigenvalue weighted by Crippen LogP contribution is 2.29. The molecule has 0 saturated carbocycles. The Kier molecular flexibility index (Phi) is 4.57. The second-order valence-corrected chi connectivity index (χ2v) is 5.98. The zero-order chi connectivity index (χ0) is 15.6. The number of halogens is 1. The first-order valence-corrected chi connectivity index (χ1v) is 7.67. The molecule has 2 amide bonds. The summed E-state index contributed by atoms with van der Waals surface area (Å²) in [5.74, 6) is -0.134. The van der Waals surface area contributed by atoms with E-state index >= 15 is 0 Å². The number of piperazine rings is 1. The molecule has 1 aliphatic rings. The van der Waals surface area contributed by atoms with Gasteiger partial charge in [-0.3, -0.25) is 9.59 Å². The van der Waals surface area contributed by atoms with Gasteiger partial charge < -0.3 is 10.2 Å². The Morgan fingerprint density at radius 2 is 1.95 bits per heavy atom. The Bertz CT molecular complexity index is 561. The fourth-order valence-electron chi connectivity index (χ4n) is 2.61. The summed E-state index contributed by atoms with van der Waals surface area (Å²) in [5, 5.41) is 3.44. The molecule has 0 aliphatic carbocycles. The van der Waals surface area contributed by atoms with Crippen LogP contribution in [0.25, 0.3) is 0 Å². The molecule has 0 radical (unpaired) electrons. The fourth-order valence-corrected chi connectivity index (χ4v) is 2.80. The van der Waals surface area contributed by atoms with Gasteiger partial charge in [0.1, 0.15) is 11.6 Å².